The minimum absolute atomic E-state index is 0.0315. The maximum Gasteiger partial charge on any atom is 0.267 e. The van der Waals surface area contributed by atoms with Gasteiger partial charge in [0.25, 0.3) is 11.5 Å². The van der Waals surface area contributed by atoms with Crippen LogP contribution in [-0.2, 0) is 13.5 Å². The lowest BCUT2D eigenvalue weighted by Crippen LogP contribution is -2.20. The number of fused-ring (bicyclic) bond motifs is 1. The van der Waals surface area contributed by atoms with E-state index in [1.807, 2.05) is 30.1 Å². The number of nitrogens with zero attached hydrogens (tertiary/aromatic N) is 3. The van der Waals surface area contributed by atoms with E-state index in [4.69, 9.17) is 5.73 Å². The van der Waals surface area contributed by atoms with Gasteiger partial charge in [0.1, 0.15) is 11.5 Å². The molecule has 0 atom stereocenters. The second-order valence-corrected chi connectivity index (χ2v) is 8.57. The molecule has 0 aliphatic rings. The molecule has 0 saturated carbocycles. The molecule has 4 aromatic rings. The van der Waals surface area contributed by atoms with E-state index in [-0.39, 0.29) is 11.3 Å². The molecule has 6 nitrogen and oxygen atoms in total. The van der Waals surface area contributed by atoms with Gasteiger partial charge in [-0.2, -0.15) is 0 Å². The zero-order valence-corrected chi connectivity index (χ0v) is 19.9. The van der Waals surface area contributed by atoms with E-state index in [0.29, 0.717) is 27.9 Å². The maximum atomic E-state index is 15.3. The number of pyridine rings is 2. The predicted octanol–water partition coefficient (Wildman–Crippen LogP) is 4.79. The zero-order valence-electron chi connectivity index (χ0n) is 19.9. The van der Waals surface area contributed by atoms with Crippen molar-refractivity contribution in [1.29, 1.82) is 0 Å². The van der Waals surface area contributed by atoms with E-state index in [0.717, 1.165) is 28.6 Å². The number of rotatable bonds is 5. The zero-order chi connectivity index (χ0) is 24.7. The molecule has 7 heteroatoms. The van der Waals surface area contributed by atoms with Crippen molar-refractivity contribution in [3.8, 4) is 11.1 Å². The maximum absolute atomic E-state index is 15.3. The van der Waals surface area contributed by atoms with E-state index in [9.17, 15) is 9.59 Å². The number of nitrogens with two attached hydrogens (primary N) is 1. The quantitative estimate of drug-likeness (QED) is 0.466. The molecule has 174 valence electrons. The number of halogens is 1. The molecule has 0 radical (unpaired) electrons. The number of primary amides is 1. The second kappa shape index (κ2) is 8.74. The third-order valence-corrected chi connectivity index (χ3v) is 6.29. The summed E-state index contributed by atoms with van der Waals surface area (Å²) in [6.07, 6.45) is 2.26. The Kier molecular flexibility index (Phi) is 5.96. The minimum atomic E-state index is -0.615. The Balaban J connectivity index is 1.81. The van der Waals surface area contributed by atoms with Crippen LogP contribution in [0.2, 0.25) is 0 Å². The number of anilines is 2. The van der Waals surface area contributed by atoms with Crippen LogP contribution in [0.4, 0.5) is 15.8 Å². The number of hydrogen-bond acceptors (Lipinski definition) is 4. The summed E-state index contributed by atoms with van der Waals surface area (Å²) in [6, 6.07) is 12.7. The molecule has 2 aromatic heterocycles. The van der Waals surface area contributed by atoms with Crippen molar-refractivity contribution >= 4 is 28.2 Å². The van der Waals surface area contributed by atoms with Gasteiger partial charge in [0.15, 0.2) is 0 Å². The van der Waals surface area contributed by atoms with Crippen LogP contribution in [0.5, 0.6) is 0 Å². The Labute approximate surface area is 197 Å². The molecule has 2 N–H and O–H groups in total. The number of carbonyl (C=O) groups excluding carboxylic acids is 1. The fourth-order valence-corrected chi connectivity index (χ4v) is 4.30. The van der Waals surface area contributed by atoms with Crippen LogP contribution in [0.25, 0.3) is 22.0 Å². The van der Waals surface area contributed by atoms with Gasteiger partial charge in [-0.1, -0.05) is 6.92 Å². The van der Waals surface area contributed by atoms with Crippen molar-refractivity contribution < 1.29 is 9.18 Å². The first kappa shape index (κ1) is 23.2. The Bertz CT molecular complexity index is 1510. The highest BCUT2D eigenvalue weighted by Gasteiger charge is 2.16. The van der Waals surface area contributed by atoms with Gasteiger partial charge in [-0.05, 0) is 73.9 Å². The van der Waals surface area contributed by atoms with Gasteiger partial charge < -0.3 is 15.2 Å². The lowest BCUT2D eigenvalue weighted by atomic mass is 10.0. The van der Waals surface area contributed by atoms with Crippen LogP contribution in [0.15, 0.2) is 53.5 Å². The number of benzene rings is 2. The highest BCUT2D eigenvalue weighted by Crippen LogP contribution is 2.35. The van der Waals surface area contributed by atoms with Gasteiger partial charge in [-0.25, -0.2) is 4.39 Å². The standard InChI is InChI=1S/C27H27FN4O2/c1-6-17-11-23(21-10-16(3)27(34)32(5)24(21)12-17)31(4)19-7-8-20(22(28)13-19)18-9-15(2)25(26(29)33)30-14-18/h7-14H,6H2,1-5H3,(H2,29,33). The summed E-state index contributed by atoms with van der Waals surface area (Å²) in [5.74, 6) is -1.02. The van der Waals surface area contributed by atoms with E-state index in [2.05, 4.69) is 18.0 Å². The topological polar surface area (TPSA) is 81.2 Å². The molecule has 0 spiro atoms. The van der Waals surface area contributed by atoms with Gasteiger partial charge >= 0.3 is 0 Å². The largest absolute Gasteiger partial charge is 0.364 e. The first-order valence-corrected chi connectivity index (χ1v) is 11.1. The third kappa shape index (κ3) is 3.94. The molecule has 0 aliphatic carbocycles. The second-order valence-electron chi connectivity index (χ2n) is 8.57. The smallest absolute Gasteiger partial charge is 0.267 e. The molecule has 1 amide bonds. The number of hydrogen-bond donors (Lipinski definition) is 1. The number of amides is 1. The lowest BCUT2D eigenvalue weighted by Gasteiger charge is -2.24. The molecule has 34 heavy (non-hydrogen) atoms. The lowest BCUT2D eigenvalue weighted by molar-refractivity contribution is 0.0995. The SMILES string of the molecule is CCc1cc(N(C)c2ccc(-c3cnc(C(N)=O)c(C)c3)c(F)c2)c2cc(C)c(=O)n(C)c2c1. The molecule has 0 saturated heterocycles. The van der Waals surface area contributed by atoms with Crippen molar-refractivity contribution in [1.82, 2.24) is 9.55 Å². The van der Waals surface area contributed by atoms with Gasteiger partial charge in [0.2, 0.25) is 0 Å². The Morgan fingerprint density at radius 2 is 1.85 bits per heavy atom. The Morgan fingerprint density at radius 1 is 1.12 bits per heavy atom. The highest BCUT2D eigenvalue weighted by molar-refractivity contribution is 5.95. The van der Waals surface area contributed by atoms with E-state index < -0.39 is 11.7 Å². The van der Waals surface area contributed by atoms with Gasteiger partial charge in [-0.3, -0.25) is 14.6 Å². The molecule has 0 fully saturated rings. The van der Waals surface area contributed by atoms with Crippen LogP contribution >= 0.6 is 0 Å². The average molecular weight is 459 g/mol. The molecule has 2 aromatic carbocycles. The van der Waals surface area contributed by atoms with Crippen molar-refractivity contribution in [2.45, 2.75) is 27.2 Å². The van der Waals surface area contributed by atoms with Crippen LogP contribution in [-0.4, -0.2) is 22.5 Å². The first-order chi connectivity index (χ1) is 16.1. The summed E-state index contributed by atoms with van der Waals surface area (Å²) in [5, 5.41) is 0.922. The van der Waals surface area contributed by atoms with E-state index >= 15 is 4.39 Å². The fourth-order valence-electron chi connectivity index (χ4n) is 4.30. The van der Waals surface area contributed by atoms with Gasteiger partial charge in [0, 0.05) is 48.1 Å². The monoisotopic (exact) mass is 458 g/mol. The first-order valence-electron chi connectivity index (χ1n) is 11.1. The van der Waals surface area contributed by atoms with E-state index in [1.54, 1.807) is 37.6 Å². The molecular formula is C27H27FN4O2. The fraction of sp³-hybridized carbons (Fsp3) is 0.222. The third-order valence-electron chi connectivity index (χ3n) is 6.29. The molecule has 0 aliphatic heterocycles. The van der Waals surface area contributed by atoms with Gasteiger partial charge in [-0.15, -0.1) is 0 Å². The summed E-state index contributed by atoms with van der Waals surface area (Å²) in [4.78, 5) is 30.0. The van der Waals surface area contributed by atoms with Crippen molar-refractivity contribution in [2.75, 3.05) is 11.9 Å². The summed E-state index contributed by atoms with van der Waals surface area (Å²) in [6.45, 7) is 5.58. The number of aryl methyl sites for hydroxylation is 4. The minimum Gasteiger partial charge on any atom is -0.364 e. The molecule has 0 bridgehead atoms. The van der Waals surface area contributed by atoms with Crippen molar-refractivity contribution in [2.24, 2.45) is 12.8 Å². The van der Waals surface area contributed by atoms with Gasteiger partial charge in [0.05, 0.1) is 11.2 Å². The summed E-state index contributed by atoms with van der Waals surface area (Å²) in [5.41, 5.74) is 11.1. The number of aromatic nitrogens is 2. The molecular weight excluding hydrogens is 431 g/mol. The Hall–Kier alpha value is -4.00. The normalized spacial score (nSPS) is 11.1. The van der Waals surface area contributed by atoms with Crippen LogP contribution in [0, 0.1) is 19.7 Å². The highest BCUT2D eigenvalue weighted by atomic mass is 19.1. The molecule has 4 rings (SSSR count). The van der Waals surface area contributed by atoms with Crippen molar-refractivity contribution in [3.63, 3.8) is 0 Å². The van der Waals surface area contributed by atoms with Crippen LogP contribution in [0.1, 0.15) is 34.1 Å². The molecule has 2 heterocycles. The molecule has 0 unspecified atom stereocenters. The van der Waals surface area contributed by atoms with E-state index in [1.165, 1.54) is 12.3 Å². The van der Waals surface area contributed by atoms with Crippen LogP contribution in [0.3, 0.4) is 0 Å². The number of carbonyl (C=O) groups is 1. The van der Waals surface area contributed by atoms with Crippen LogP contribution < -0.4 is 16.2 Å². The predicted molar refractivity (Wildman–Crippen MR) is 134 cm³/mol. The Morgan fingerprint density at radius 3 is 2.47 bits per heavy atom. The van der Waals surface area contributed by atoms with Crippen molar-refractivity contribution in [3.05, 3.63) is 87.2 Å². The summed E-state index contributed by atoms with van der Waals surface area (Å²) < 4.78 is 16.9. The average Bonchev–Trinajstić information content (AvgIpc) is 2.81. The summed E-state index contributed by atoms with van der Waals surface area (Å²) >= 11 is 0. The summed E-state index contributed by atoms with van der Waals surface area (Å²) in [7, 11) is 3.66.